The number of ether oxygens (including phenoxy) is 1. The van der Waals surface area contributed by atoms with Crippen molar-refractivity contribution in [3.8, 4) is 5.75 Å². The lowest BCUT2D eigenvalue weighted by Crippen LogP contribution is -1.93. The van der Waals surface area contributed by atoms with Gasteiger partial charge in [0.2, 0.25) is 0 Å². The fourth-order valence-corrected chi connectivity index (χ4v) is 1.45. The van der Waals surface area contributed by atoms with Crippen molar-refractivity contribution in [2.24, 2.45) is 0 Å². The lowest BCUT2D eigenvalue weighted by molar-refractivity contribution is 0.409. The molecule has 0 saturated carbocycles. The molecular weight excluding hydrogens is 184 g/mol. The zero-order valence-corrected chi connectivity index (χ0v) is 8.90. The Labute approximate surface area is 84.7 Å². The maximum atomic E-state index is 5.64. The van der Waals surface area contributed by atoms with E-state index in [-0.39, 0.29) is 0 Å². The lowest BCUT2D eigenvalue weighted by atomic mass is 10.1. The molecule has 0 unspecified atom stereocenters. The van der Waals surface area contributed by atoms with Crippen molar-refractivity contribution in [1.29, 1.82) is 0 Å². The molecule has 1 aromatic carbocycles. The van der Waals surface area contributed by atoms with E-state index < -0.39 is 0 Å². The number of benzene rings is 1. The van der Waals surface area contributed by atoms with Gasteiger partial charge < -0.3 is 4.74 Å². The minimum absolute atomic E-state index is 0.705. The Morgan fingerprint density at radius 3 is 2.77 bits per heavy atom. The van der Waals surface area contributed by atoms with Crippen LogP contribution in [0.15, 0.2) is 18.2 Å². The molecule has 0 aromatic heterocycles. The first kappa shape index (κ1) is 10.4. The summed E-state index contributed by atoms with van der Waals surface area (Å²) in [5, 5.41) is 0. The summed E-state index contributed by atoms with van der Waals surface area (Å²) in [5.41, 5.74) is 2.47. The van der Waals surface area contributed by atoms with Crippen molar-refractivity contribution in [2.45, 2.75) is 19.8 Å². The standard InChI is InChI=1S/C11H15ClO/c1-9-5-6-10(4-3-7-12)11(8-9)13-2/h5-6,8H,3-4,7H2,1-2H3. The number of aryl methyl sites for hydroxylation is 2. The zero-order valence-electron chi connectivity index (χ0n) is 8.14. The third-order valence-corrected chi connectivity index (χ3v) is 2.29. The van der Waals surface area contributed by atoms with Crippen LogP contribution in [0.2, 0.25) is 0 Å². The van der Waals surface area contributed by atoms with E-state index in [4.69, 9.17) is 16.3 Å². The summed E-state index contributed by atoms with van der Waals surface area (Å²) in [6.07, 6.45) is 1.99. The predicted octanol–water partition coefficient (Wildman–Crippen LogP) is 3.18. The topological polar surface area (TPSA) is 9.23 Å². The number of alkyl halides is 1. The smallest absolute Gasteiger partial charge is 0.122 e. The van der Waals surface area contributed by atoms with E-state index >= 15 is 0 Å². The Kier molecular flexibility index (Phi) is 4.10. The van der Waals surface area contributed by atoms with E-state index in [1.54, 1.807) is 7.11 Å². The fraction of sp³-hybridized carbons (Fsp3) is 0.455. The second-order valence-corrected chi connectivity index (χ2v) is 3.49. The number of halogens is 1. The zero-order chi connectivity index (χ0) is 9.68. The summed E-state index contributed by atoms with van der Waals surface area (Å²) in [6.45, 7) is 2.06. The average Bonchev–Trinajstić information content (AvgIpc) is 2.16. The van der Waals surface area contributed by atoms with Gasteiger partial charge in [-0.05, 0) is 37.0 Å². The van der Waals surface area contributed by atoms with Crippen LogP contribution in [0.3, 0.4) is 0 Å². The SMILES string of the molecule is COc1cc(C)ccc1CCCCl. The van der Waals surface area contributed by atoms with Gasteiger partial charge in [0.25, 0.3) is 0 Å². The number of methoxy groups -OCH3 is 1. The monoisotopic (exact) mass is 198 g/mol. The van der Waals surface area contributed by atoms with Gasteiger partial charge in [0.15, 0.2) is 0 Å². The van der Waals surface area contributed by atoms with Gasteiger partial charge in [-0.2, -0.15) is 0 Å². The van der Waals surface area contributed by atoms with Gasteiger partial charge in [-0.3, -0.25) is 0 Å². The second kappa shape index (κ2) is 5.13. The molecule has 2 heteroatoms. The first-order valence-corrected chi connectivity index (χ1v) is 5.01. The van der Waals surface area contributed by atoms with Crippen LogP contribution in [0.4, 0.5) is 0 Å². The number of hydrogen-bond donors (Lipinski definition) is 0. The summed E-state index contributed by atoms with van der Waals surface area (Å²) in [7, 11) is 1.71. The molecule has 1 aromatic rings. The van der Waals surface area contributed by atoms with E-state index in [2.05, 4.69) is 25.1 Å². The third kappa shape index (κ3) is 2.92. The molecular formula is C11H15ClO. The van der Waals surface area contributed by atoms with Crippen LogP contribution in [0.25, 0.3) is 0 Å². The molecule has 0 aliphatic heterocycles. The summed E-state index contributed by atoms with van der Waals surface area (Å²) in [4.78, 5) is 0. The molecule has 13 heavy (non-hydrogen) atoms. The minimum Gasteiger partial charge on any atom is -0.496 e. The van der Waals surface area contributed by atoms with E-state index in [1.807, 2.05) is 0 Å². The molecule has 0 aliphatic carbocycles. The highest BCUT2D eigenvalue weighted by molar-refractivity contribution is 6.17. The van der Waals surface area contributed by atoms with Crippen LogP contribution in [0, 0.1) is 6.92 Å². The van der Waals surface area contributed by atoms with E-state index in [9.17, 15) is 0 Å². The summed E-state index contributed by atoms with van der Waals surface area (Å²) in [6, 6.07) is 6.27. The van der Waals surface area contributed by atoms with Gasteiger partial charge in [-0.1, -0.05) is 12.1 Å². The summed E-state index contributed by atoms with van der Waals surface area (Å²) < 4.78 is 5.28. The highest BCUT2D eigenvalue weighted by Crippen LogP contribution is 2.21. The lowest BCUT2D eigenvalue weighted by Gasteiger charge is -2.08. The Morgan fingerprint density at radius 2 is 2.15 bits per heavy atom. The maximum absolute atomic E-state index is 5.64. The molecule has 0 radical (unpaired) electrons. The predicted molar refractivity (Wildman–Crippen MR) is 56.8 cm³/mol. The molecule has 0 saturated heterocycles. The van der Waals surface area contributed by atoms with Crippen molar-refractivity contribution < 1.29 is 4.74 Å². The Morgan fingerprint density at radius 1 is 1.38 bits per heavy atom. The minimum atomic E-state index is 0.705. The normalized spacial score (nSPS) is 10.1. The first-order valence-electron chi connectivity index (χ1n) is 4.47. The third-order valence-electron chi connectivity index (χ3n) is 2.02. The highest BCUT2D eigenvalue weighted by Gasteiger charge is 2.01. The Balaban J connectivity index is 2.79. The summed E-state index contributed by atoms with van der Waals surface area (Å²) >= 11 is 5.64. The molecule has 0 heterocycles. The largest absolute Gasteiger partial charge is 0.496 e. The molecule has 1 nitrogen and oxygen atoms in total. The van der Waals surface area contributed by atoms with Crippen molar-refractivity contribution in [3.63, 3.8) is 0 Å². The van der Waals surface area contributed by atoms with Gasteiger partial charge in [-0.15, -0.1) is 11.6 Å². The van der Waals surface area contributed by atoms with Gasteiger partial charge >= 0.3 is 0 Å². The fourth-order valence-electron chi connectivity index (χ4n) is 1.32. The van der Waals surface area contributed by atoms with Crippen LogP contribution >= 0.6 is 11.6 Å². The number of rotatable bonds is 4. The van der Waals surface area contributed by atoms with Crippen LogP contribution in [-0.2, 0) is 6.42 Å². The van der Waals surface area contributed by atoms with E-state index in [0.717, 1.165) is 18.6 Å². The van der Waals surface area contributed by atoms with Crippen molar-refractivity contribution in [3.05, 3.63) is 29.3 Å². The molecule has 0 bridgehead atoms. The van der Waals surface area contributed by atoms with Crippen LogP contribution in [0.1, 0.15) is 17.5 Å². The van der Waals surface area contributed by atoms with Crippen molar-refractivity contribution >= 4 is 11.6 Å². The second-order valence-electron chi connectivity index (χ2n) is 3.11. The molecule has 0 fully saturated rings. The van der Waals surface area contributed by atoms with Gasteiger partial charge in [0.05, 0.1) is 7.11 Å². The van der Waals surface area contributed by atoms with Gasteiger partial charge in [0.1, 0.15) is 5.75 Å². The van der Waals surface area contributed by atoms with Crippen LogP contribution in [-0.4, -0.2) is 13.0 Å². The van der Waals surface area contributed by atoms with Gasteiger partial charge in [-0.25, -0.2) is 0 Å². The van der Waals surface area contributed by atoms with Gasteiger partial charge in [0, 0.05) is 5.88 Å². The van der Waals surface area contributed by atoms with E-state index in [1.165, 1.54) is 11.1 Å². The molecule has 0 aliphatic rings. The molecule has 0 N–H and O–H groups in total. The maximum Gasteiger partial charge on any atom is 0.122 e. The molecule has 1 rings (SSSR count). The Bertz CT molecular complexity index is 271. The average molecular weight is 199 g/mol. The van der Waals surface area contributed by atoms with Crippen LogP contribution < -0.4 is 4.74 Å². The first-order chi connectivity index (χ1) is 6.27. The molecule has 0 spiro atoms. The highest BCUT2D eigenvalue weighted by atomic mass is 35.5. The van der Waals surface area contributed by atoms with E-state index in [0.29, 0.717) is 5.88 Å². The number of hydrogen-bond acceptors (Lipinski definition) is 1. The van der Waals surface area contributed by atoms with Crippen molar-refractivity contribution in [1.82, 2.24) is 0 Å². The quantitative estimate of drug-likeness (QED) is 0.676. The Hall–Kier alpha value is -0.690. The molecule has 72 valence electrons. The molecule has 0 amide bonds. The van der Waals surface area contributed by atoms with Crippen molar-refractivity contribution in [2.75, 3.05) is 13.0 Å². The summed E-state index contributed by atoms with van der Waals surface area (Å²) in [5.74, 6) is 1.68. The molecule has 0 atom stereocenters. The van der Waals surface area contributed by atoms with Crippen LogP contribution in [0.5, 0.6) is 5.75 Å².